The van der Waals surface area contributed by atoms with Crippen LogP contribution < -0.4 is 0 Å². The van der Waals surface area contributed by atoms with Crippen molar-refractivity contribution in [2.75, 3.05) is 19.8 Å². The topological polar surface area (TPSA) is 61.8 Å². The minimum Gasteiger partial charge on any atom is -0.462 e. The van der Waals surface area contributed by atoms with Gasteiger partial charge in [-0.1, -0.05) is 223 Å². The van der Waals surface area contributed by atoms with E-state index in [1.165, 1.54) is 186 Å². The summed E-state index contributed by atoms with van der Waals surface area (Å²) in [5.74, 6) is -0.406. The molecule has 372 valence electrons. The Morgan fingerprint density at radius 1 is 0.344 bits per heavy atom. The lowest BCUT2D eigenvalue weighted by Crippen LogP contribution is -2.30. The van der Waals surface area contributed by atoms with E-state index in [9.17, 15) is 9.59 Å². The van der Waals surface area contributed by atoms with Crippen LogP contribution in [-0.4, -0.2) is 37.9 Å². The molecule has 0 aromatic heterocycles. The number of rotatable bonds is 51. The highest BCUT2D eigenvalue weighted by Gasteiger charge is 2.17. The van der Waals surface area contributed by atoms with Gasteiger partial charge in [-0.25, -0.2) is 0 Å². The minimum atomic E-state index is -0.545. The highest BCUT2D eigenvalue weighted by Crippen LogP contribution is 2.15. The molecule has 0 radical (unpaired) electrons. The van der Waals surface area contributed by atoms with Gasteiger partial charge in [-0.05, 0) is 103 Å². The van der Waals surface area contributed by atoms with E-state index in [0.717, 1.165) is 57.8 Å². The number of ether oxygens (including phenoxy) is 3. The average Bonchev–Trinajstić information content (AvgIpc) is 3.30. The van der Waals surface area contributed by atoms with Gasteiger partial charge in [0.1, 0.15) is 6.61 Å². The Labute approximate surface area is 398 Å². The highest BCUT2D eigenvalue weighted by atomic mass is 16.6. The Morgan fingerprint density at radius 3 is 1.09 bits per heavy atom. The molecule has 0 aliphatic carbocycles. The first-order chi connectivity index (χ1) is 31.6. The molecule has 0 bridgehead atoms. The van der Waals surface area contributed by atoms with Crippen molar-refractivity contribution >= 4 is 11.9 Å². The Kier molecular flexibility index (Phi) is 52.9. The molecule has 0 aliphatic rings. The lowest BCUT2D eigenvalue weighted by molar-refractivity contribution is -0.163. The van der Waals surface area contributed by atoms with Crippen molar-refractivity contribution in [2.24, 2.45) is 0 Å². The van der Waals surface area contributed by atoms with Crippen molar-refractivity contribution in [1.82, 2.24) is 0 Å². The van der Waals surface area contributed by atoms with Gasteiger partial charge in [0.05, 0.1) is 6.61 Å². The summed E-state index contributed by atoms with van der Waals surface area (Å²) >= 11 is 0. The standard InChI is InChI=1S/C59H106O5/c1-4-7-10-13-16-19-22-25-27-29-30-32-33-35-37-40-43-46-49-52-58(60)63-56-57(55-62-54-51-48-45-42-39-24-21-18-15-12-9-6-3)64-59(61)53-50-47-44-41-38-36-34-31-28-26-23-20-17-14-11-8-5-2/h15-20,25-28,57H,4-14,21-24,29-56H2,1-3H3/b18-15-,19-16-,20-17-,27-25-,28-26-. The summed E-state index contributed by atoms with van der Waals surface area (Å²) in [7, 11) is 0. The second kappa shape index (κ2) is 54.9. The quantitative estimate of drug-likeness (QED) is 0.0346. The summed E-state index contributed by atoms with van der Waals surface area (Å²) in [5.41, 5.74) is 0. The van der Waals surface area contributed by atoms with Gasteiger partial charge < -0.3 is 14.2 Å². The third kappa shape index (κ3) is 52.2. The third-order valence-electron chi connectivity index (χ3n) is 12.0. The molecule has 5 heteroatoms. The first-order valence-corrected chi connectivity index (χ1v) is 27.8. The molecule has 0 saturated carbocycles. The van der Waals surface area contributed by atoms with E-state index in [0.29, 0.717) is 19.4 Å². The van der Waals surface area contributed by atoms with Crippen LogP contribution in [0.3, 0.4) is 0 Å². The van der Waals surface area contributed by atoms with Crippen LogP contribution in [0.25, 0.3) is 0 Å². The summed E-state index contributed by atoms with van der Waals surface area (Å²) in [4.78, 5) is 25.5. The molecule has 5 nitrogen and oxygen atoms in total. The molecule has 64 heavy (non-hydrogen) atoms. The van der Waals surface area contributed by atoms with Crippen molar-refractivity contribution in [3.8, 4) is 0 Å². The minimum absolute atomic E-state index is 0.0777. The maximum absolute atomic E-state index is 12.8. The molecule has 0 rings (SSSR count). The molecular weight excluding hydrogens is 789 g/mol. The van der Waals surface area contributed by atoms with Crippen LogP contribution in [0.4, 0.5) is 0 Å². The fraction of sp³-hybridized carbons (Fsp3) is 0.797. The van der Waals surface area contributed by atoms with Gasteiger partial charge in [0, 0.05) is 19.4 Å². The van der Waals surface area contributed by atoms with E-state index in [1.54, 1.807) is 0 Å². The van der Waals surface area contributed by atoms with Crippen molar-refractivity contribution in [1.29, 1.82) is 0 Å². The number of hydrogen-bond donors (Lipinski definition) is 0. The first-order valence-electron chi connectivity index (χ1n) is 27.8. The molecule has 0 aliphatic heterocycles. The van der Waals surface area contributed by atoms with Crippen LogP contribution >= 0.6 is 0 Å². The molecule has 1 unspecified atom stereocenters. The summed E-state index contributed by atoms with van der Waals surface area (Å²) < 4.78 is 17.4. The number of allylic oxidation sites excluding steroid dienone is 10. The molecule has 0 N–H and O–H groups in total. The van der Waals surface area contributed by atoms with Crippen LogP contribution in [0.15, 0.2) is 60.8 Å². The lowest BCUT2D eigenvalue weighted by atomic mass is 10.1. The van der Waals surface area contributed by atoms with E-state index in [1.807, 2.05) is 0 Å². The Hall–Kier alpha value is -2.40. The van der Waals surface area contributed by atoms with E-state index in [4.69, 9.17) is 14.2 Å². The molecule has 0 saturated heterocycles. The molecule has 0 spiro atoms. The first kappa shape index (κ1) is 61.6. The molecule has 0 amide bonds. The van der Waals surface area contributed by atoms with Crippen LogP contribution in [0.5, 0.6) is 0 Å². The van der Waals surface area contributed by atoms with Crippen molar-refractivity contribution in [3.63, 3.8) is 0 Å². The van der Waals surface area contributed by atoms with E-state index in [2.05, 4.69) is 81.5 Å². The second-order valence-electron chi connectivity index (χ2n) is 18.5. The average molecular weight is 895 g/mol. The molecule has 0 aromatic carbocycles. The van der Waals surface area contributed by atoms with Gasteiger partial charge >= 0.3 is 11.9 Å². The van der Waals surface area contributed by atoms with Crippen molar-refractivity contribution in [3.05, 3.63) is 60.8 Å². The van der Waals surface area contributed by atoms with Gasteiger partial charge in [0.15, 0.2) is 6.10 Å². The zero-order valence-corrected chi connectivity index (χ0v) is 42.8. The smallest absolute Gasteiger partial charge is 0.306 e. The van der Waals surface area contributed by atoms with Gasteiger partial charge in [-0.3, -0.25) is 9.59 Å². The molecule has 1 atom stereocenters. The molecular formula is C59H106O5. The van der Waals surface area contributed by atoms with Crippen LogP contribution in [0.1, 0.15) is 278 Å². The van der Waals surface area contributed by atoms with E-state index in [-0.39, 0.29) is 25.2 Å². The fourth-order valence-electron chi connectivity index (χ4n) is 7.79. The number of carbonyl (C=O) groups is 2. The maximum Gasteiger partial charge on any atom is 0.306 e. The van der Waals surface area contributed by atoms with Crippen LogP contribution in [0, 0.1) is 0 Å². The monoisotopic (exact) mass is 895 g/mol. The normalized spacial score (nSPS) is 12.6. The fourth-order valence-corrected chi connectivity index (χ4v) is 7.79. The maximum atomic E-state index is 12.8. The number of hydrogen-bond acceptors (Lipinski definition) is 5. The SMILES string of the molecule is CCCC/C=C\CCCCCCCCOCC(COC(=O)CCCCCCCCCCC/C=C\C/C=C\CCCCC)OC(=O)CCCCCCCCC/C=C\C/C=C\CCCCC. The zero-order valence-electron chi connectivity index (χ0n) is 42.8. The van der Waals surface area contributed by atoms with Gasteiger partial charge in [-0.2, -0.15) is 0 Å². The van der Waals surface area contributed by atoms with Gasteiger partial charge in [0.25, 0.3) is 0 Å². The van der Waals surface area contributed by atoms with Gasteiger partial charge in [0.2, 0.25) is 0 Å². The molecule has 0 aromatic rings. The Bertz CT molecular complexity index is 1100. The molecule has 0 fully saturated rings. The summed E-state index contributed by atoms with van der Waals surface area (Å²) in [6, 6.07) is 0. The highest BCUT2D eigenvalue weighted by molar-refractivity contribution is 5.70. The van der Waals surface area contributed by atoms with E-state index >= 15 is 0 Å². The van der Waals surface area contributed by atoms with Crippen molar-refractivity contribution in [2.45, 2.75) is 284 Å². The summed E-state index contributed by atoms with van der Waals surface area (Å²) in [6.07, 6.45) is 69.4. The lowest BCUT2D eigenvalue weighted by Gasteiger charge is -2.18. The molecule has 0 heterocycles. The van der Waals surface area contributed by atoms with Gasteiger partial charge in [-0.15, -0.1) is 0 Å². The second-order valence-corrected chi connectivity index (χ2v) is 18.5. The Morgan fingerprint density at radius 2 is 0.672 bits per heavy atom. The third-order valence-corrected chi connectivity index (χ3v) is 12.0. The zero-order chi connectivity index (χ0) is 46.3. The summed E-state index contributed by atoms with van der Waals surface area (Å²) in [5, 5.41) is 0. The number of carbonyl (C=O) groups excluding carboxylic acids is 2. The number of esters is 2. The number of unbranched alkanes of at least 4 members (excludes halogenated alkanes) is 30. The summed E-state index contributed by atoms with van der Waals surface area (Å²) in [6.45, 7) is 7.75. The van der Waals surface area contributed by atoms with Crippen LogP contribution in [0.2, 0.25) is 0 Å². The van der Waals surface area contributed by atoms with Crippen molar-refractivity contribution < 1.29 is 23.8 Å². The van der Waals surface area contributed by atoms with E-state index < -0.39 is 6.10 Å². The Balaban J connectivity index is 4.24. The predicted molar refractivity (Wildman–Crippen MR) is 279 cm³/mol. The van der Waals surface area contributed by atoms with Crippen LogP contribution in [-0.2, 0) is 23.8 Å². The predicted octanol–water partition coefficient (Wildman–Crippen LogP) is 18.9. The largest absolute Gasteiger partial charge is 0.462 e.